The zero-order chi connectivity index (χ0) is 14.6. The van der Waals surface area contributed by atoms with Gasteiger partial charge in [0.1, 0.15) is 5.54 Å². The quantitative estimate of drug-likeness (QED) is 0.637. The van der Waals surface area contributed by atoms with Crippen LogP contribution in [0.15, 0.2) is 30.4 Å². The van der Waals surface area contributed by atoms with Crippen molar-refractivity contribution >= 4 is 5.91 Å². The molecule has 4 rings (SSSR count). The third-order valence-corrected chi connectivity index (χ3v) is 4.95. The normalized spacial score (nSPS) is 30.7. The highest BCUT2D eigenvalue weighted by Gasteiger charge is 2.55. The number of carbonyl (C=O) groups is 1. The summed E-state index contributed by atoms with van der Waals surface area (Å²) in [5.74, 6) is 1.27. The van der Waals surface area contributed by atoms with Crippen LogP contribution in [0.3, 0.4) is 0 Å². The molecule has 5 heteroatoms. The van der Waals surface area contributed by atoms with Gasteiger partial charge in [-0.1, -0.05) is 18.2 Å². The minimum atomic E-state index is -0.701. The van der Waals surface area contributed by atoms with E-state index in [0.717, 1.165) is 29.0 Å². The lowest BCUT2D eigenvalue weighted by Crippen LogP contribution is -2.46. The second-order valence-corrected chi connectivity index (χ2v) is 6.06. The summed E-state index contributed by atoms with van der Waals surface area (Å²) in [6.07, 6.45) is 2.77. The van der Waals surface area contributed by atoms with E-state index in [2.05, 4.69) is 6.58 Å². The molecule has 21 heavy (non-hydrogen) atoms. The summed E-state index contributed by atoms with van der Waals surface area (Å²) in [7, 11) is 0. The van der Waals surface area contributed by atoms with Gasteiger partial charge in [-0.2, -0.15) is 0 Å². The minimum Gasteiger partial charge on any atom is -0.454 e. The Balaban J connectivity index is 1.85. The molecule has 3 aliphatic rings. The molecule has 1 saturated heterocycles. The van der Waals surface area contributed by atoms with Crippen LogP contribution in [0.2, 0.25) is 0 Å². The maximum Gasteiger partial charge on any atom is 0.247 e. The summed E-state index contributed by atoms with van der Waals surface area (Å²) < 4.78 is 10.8. The Hall–Kier alpha value is -2.01. The first-order valence-electron chi connectivity index (χ1n) is 7.20. The molecule has 0 spiro atoms. The Morgan fingerprint density at radius 3 is 3.00 bits per heavy atom. The first kappa shape index (κ1) is 12.7. The number of hydroxylamine groups is 2. The van der Waals surface area contributed by atoms with Gasteiger partial charge < -0.3 is 9.47 Å². The number of carbonyl (C=O) groups excluding carboxylic acids is 1. The molecule has 1 saturated carbocycles. The number of fused-ring (bicyclic) bond motifs is 2. The van der Waals surface area contributed by atoms with E-state index in [-0.39, 0.29) is 18.6 Å². The second-order valence-electron chi connectivity index (χ2n) is 6.06. The molecular formula is C16H17NO4. The second kappa shape index (κ2) is 4.24. The van der Waals surface area contributed by atoms with Crippen molar-refractivity contribution in [3.05, 3.63) is 35.9 Å². The van der Waals surface area contributed by atoms with Crippen LogP contribution in [0, 0.1) is 5.92 Å². The highest BCUT2D eigenvalue weighted by atomic mass is 16.7. The first-order chi connectivity index (χ1) is 10.1. The predicted octanol–water partition coefficient (Wildman–Crippen LogP) is 2.59. The highest BCUT2D eigenvalue weighted by molar-refractivity contribution is 5.80. The average Bonchev–Trinajstić information content (AvgIpc) is 3.03. The van der Waals surface area contributed by atoms with Crippen molar-refractivity contribution in [1.29, 1.82) is 0 Å². The molecule has 2 heterocycles. The SMILES string of the molecule is C=C1CC[C@H]2CC(=O)N(O)[C@@]2(c2ccc3c(c2)OCO3)C1. The molecule has 1 aromatic carbocycles. The lowest BCUT2D eigenvalue weighted by atomic mass is 9.68. The molecular weight excluding hydrogens is 270 g/mol. The molecule has 2 atom stereocenters. The third kappa shape index (κ3) is 1.64. The number of ether oxygens (including phenoxy) is 2. The molecule has 1 aliphatic carbocycles. The maximum atomic E-state index is 12.0. The fraction of sp³-hybridized carbons (Fsp3) is 0.438. The van der Waals surface area contributed by atoms with Crippen LogP contribution < -0.4 is 9.47 Å². The van der Waals surface area contributed by atoms with Crippen molar-refractivity contribution in [2.75, 3.05) is 6.79 Å². The van der Waals surface area contributed by atoms with Gasteiger partial charge in [0.15, 0.2) is 11.5 Å². The molecule has 0 aromatic heterocycles. The summed E-state index contributed by atoms with van der Waals surface area (Å²) >= 11 is 0. The fourth-order valence-corrected chi connectivity index (χ4v) is 3.90. The number of benzene rings is 1. The zero-order valence-electron chi connectivity index (χ0n) is 11.7. The monoisotopic (exact) mass is 287 g/mol. The molecule has 1 amide bonds. The topological polar surface area (TPSA) is 59.0 Å². The van der Waals surface area contributed by atoms with E-state index in [1.165, 1.54) is 0 Å². The van der Waals surface area contributed by atoms with Gasteiger partial charge in [-0.15, -0.1) is 0 Å². The Morgan fingerprint density at radius 2 is 2.14 bits per heavy atom. The summed E-state index contributed by atoms with van der Waals surface area (Å²) in [6.45, 7) is 4.28. The molecule has 0 unspecified atom stereocenters. The van der Waals surface area contributed by atoms with Gasteiger partial charge in [-0.25, -0.2) is 5.06 Å². The van der Waals surface area contributed by atoms with E-state index in [4.69, 9.17) is 9.47 Å². The molecule has 1 N–H and O–H groups in total. The lowest BCUT2D eigenvalue weighted by molar-refractivity contribution is -0.188. The number of hydrogen-bond donors (Lipinski definition) is 1. The number of amides is 1. The Bertz CT molecular complexity index is 641. The van der Waals surface area contributed by atoms with Gasteiger partial charge in [-0.05, 0) is 42.9 Å². The van der Waals surface area contributed by atoms with Crippen molar-refractivity contribution in [3.8, 4) is 11.5 Å². The number of hydrogen-bond acceptors (Lipinski definition) is 4. The number of rotatable bonds is 1. The van der Waals surface area contributed by atoms with E-state index in [0.29, 0.717) is 24.3 Å². The molecule has 0 radical (unpaired) electrons. The summed E-state index contributed by atoms with van der Waals surface area (Å²) in [5, 5.41) is 11.4. The van der Waals surface area contributed by atoms with Gasteiger partial charge in [0.25, 0.3) is 0 Å². The third-order valence-electron chi connectivity index (χ3n) is 4.95. The molecule has 5 nitrogen and oxygen atoms in total. The molecule has 2 fully saturated rings. The lowest BCUT2D eigenvalue weighted by Gasteiger charge is -2.43. The van der Waals surface area contributed by atoms with E-state index in [9.17, 15) is 10.0 Å². The summed E-state index contributed by atoms with van der Waals surface area (Å²) in [5.41, 5.74) is 1.26. The van der Waals surface area contributed by atoms with Crippen molar-refractivity contribution in [2.45, 2.75) is 31.2 Å². The maximum absolute atomic E-state index is 12.0. The van der Waals surface area contributed by atoms with E-state index >= 15 is 0 Å². The molecule has 0 bridgehead atoms. The fourth-order valence-electron chi connectivity index (χ4n) is 3.90. The van der Waals surface area contributed by atoms with Gasteiger partial charge in [-0.3, -0.25) is 10.0 Å². The van der Waals surface area contributed by atoms with Crippen molar-refractivity contribution < 1.29 is 19.5 Å². The number of nitrogens with zero attached hydrogens (tertiary/aromatic N) is 1. The summed E-state index contributed by atoms with van der Waals surface area (Å²) in [4.78, 5) is 12.0. The zero-order valence-corrected chi connectivity index (χ0v) is 11.7. The van der Waals surface area contributed by atoms with E-state index in [1.807, 2.05) is 18.2 Å². The van der Waals surface area contributed by atoms with Crippen LogP contribution in [0.5, 0.6) is 11.5 Å². The van der Waals surface area contributed by atoms with Gasteiger partial charge in [0.2, 0.25) is 12.7 Å². The average molecular weight is 287 g/mol. The Labute approximate surface area is 122 Å². The van der Waals surface area contributed by atoms with E-state index < -0.39 is 5.54 Å². The predicted molar refractivity (Wildman–Crippen MR) is 74.0 cm³/mol. The van der Waals surface area contributed by atoms with Crippen LogP contribution in [-0.2, 0) is 10.3 Å². The molecule has 1 aromatic rings. The van der Waals surface area contributed by atoms with Crippen molar-refractivity contribution in [2.24, 2.45) is 5.92 Å². The first-order valence-corrected chi connectivity index (χ1v) is 7.20. The standard InChI is InChI=1S/C16H17NO4/c1-10-2-3-12-7-15(18)17(19)16(12,8-10)11-4-5-13-14(6-11)21-9-20-13/h4-6,12,19H,1-3,7-9H2/t12-,16+/m0/s1. The molecule has 110 valence electrons. The van der Waals surface area contributed by atoms with Crippen molar-refractivity contribution in [3.63, 3.8) is 0 Å². The summed E-state index contributed by atoms with van der Waals surface area (Å²) in [6, 6.07) is 5.65. The van der Waals surface area contributed by atoms with Crippen LogP contribution in [0.1, 0.15) is 31.2 Å². The minimum absolute atomic E-state index is 0.112. The van der Waals surface area contributed by atoms with Crippen molar-refractivity contribution in [1.82, 2.24) is 5.06 Å². The van der Waals surface area contributed by atoms with Gasteiger partial charge in [0, 0.05) is 6.42 Å². The van der Waals surface area contributed by atoms with Crippen LogP contribution in [0.25, 0.3) is 0 Å². The highest BCUT2D eigenvalue weighted by Crippen LogP contribution is 2.54. The van der Waals surface area contributed by atoms with Crippen LogP contribution in [0.4, 0.5) is 0 Å². The van der Waals surface area contributed by atoms with Gasteiger partial charge in [0.05, 0.1) is 0 Å². The Morgan fingerprint density at radius 1 is 1.33 bits per heavy atom. The molecule has 2 aliphatic heterocycles. The van der Waals surface area contributed by atoms with Gasteiger partial charge >= 0.3 is 0 Å². The largest absolute Gasteiger partial charge is 0.454 e. The van der Waals surface area contributed by atoms with Crippen LogP contribution in [-0.4, -0.2) is 23.0 Å². The van der Waals surface area contributed by atoms with E-state index in [1.54, 1.807) is 0 Å². The van der Waals surface area contributed by atoms with Crippen LogP contribution >= 0.6 is 0 Å². The Kier molecular flexibility index (Phi) is 2.57. The smallest absolute Gasteiger partial charge is 0.247 e.